The molecule has 0 amide bonds. The number of hydrogen-bond acceptors (Lipinski definition) is 6. The van der Waals surface area contributed by atoms with Crippen LogP contribution in [0.1, 0.15) is 50.7 Å². The zero-order valence-electron chi connectivity index (χ0n) is 21.0. The average Bonchev–Trinajstić information content (AvgIpc) is 2.81. The summed E-state index contributed by atoms with van der Waals surface area (Å²) in [5.74, 6) is 0.173. The number of hydrogen-bond donors (Lipinski definition) is 1. The molecule has 0 aromatic heterocycles. The van der Waals surface area contributed by atoms with Gasteiger partial charge < -0.3 is 19.5 Å². The molecule has 0 radical (unpaired) electrons. The van der Waals surface area contributed by atoms with Gasteiger partial charge in [-0.1, -0.05) is 47.4 Å². The Balaban J connectivity index is 1.78. The van der Waals surface area contributed by atoms with Crippen LogP contribution in [0.3, 0.4) is 0 Å². The number of ketones is 1. The SMILES string of the molecule is COC(=O)C1=C(C)NC2=C(C(=O)CC(C)(C)C2)[C@@H]1c1ccc(OC)c(COc2ccc(Br)cc2Cl)c1. The summed E-state index contributed by atoms with van der Waals surface area (Å²) >= 11 is 9.73. The molecule has 2 aliphatic rings. The predicted molar refractivity (Wildman–Crippen MR) is 142 cm³/mol. The highest BCUT2D eigenvalue weighted by molar-refractivity contribution is 9.10. The largest absolute Gasteiger partial charge is 0.496 e. The summed E-state index contributed by atoms with van der Waals surface area (Å²) in [6, 6.07) is 11.1. The van der Waals surface area contributed by atoms with E-state index in [1.807, 2.05) is 31.2 Å². The molecule has 2 aromatic rings. The molecule has 0 unspecified atom stereocenters. The number of methoxy groups -OCH3 is 2. The van der Waals surface area contributed by atoms with E-state index in [1.54, 1.807) is 19.2 Å². The Morgan fingerprint density at radius 3 is 2.53 bits per heavy atom. The Labute approximate surface area is 224 Å². The van der Waals surface area contributed by atoms with Gasteiger partial charge in [0, 0.05) is 39.3 Å². The van der Waals surface area contributed by atoms with Crippen LogP contribution in [0.5, 0.6) is 11.5 Å². The third-order valence-electron chi connectivity index (χ3n) is 6.56. The molecule has 1 aliphatic heterocycles. The molecule has 1 heterocycles. The van der Waals surface area contributed by atoms with E-state index in [-0.39, 0.29) is 17.8 Å². The number of ether oxygens (including phenoxy) is 3. The Morgan fingerprint density at radius 2 is 1.86 bits per heavy atom. The molecule has 1 atom stereocenters. The third-order valence-corrected chi connectivity index (χ3v) is 7.35. The number of carbonyl (C=O) groups excluding carboxylic acids is 2. The molecule has 0 bridgehead atoms. The number of allylic oxidation sites excluding steroid dienone is 3. The lowest BCUT2D eigenvalue weighted by atomic mass is 9.68. The summed E-state index contributed by atoms with van der Waals surface area (Å²) in [6.45, 7) is 6.19. The van der Waals surface area contributed by atoms with E-state index in [2.05, 4.69) is 35.1 Å². The van der Waals surface area contributed by atoms with Crippen LogP contribution in [0.4, 0.5) is 0 Å². The van der Waals surface area contributed by atoms with Crippen molar-refractivity contribution in [1.82, 2.24) is 5.32 Å². The maximum Gasteiger partial charge on any atom is 0.336 e. The maximum atomic E-state index is 13.4. The van der Waals surface area contributed by atoms with Crippen LogP contribution in [0.15, 0.2) is 63.4 Å². The van der Waals surface area contributed by atoms with Crippen molar-refractivity contribution in [2.24, 2.45) is 5.41 Å². The predicted octanol–water partition coefficient (Wildman–Crippen LogP) is 6.47. The molecule has 36 heavy (non-hydrogen) atoms. The van der Waals surface area contributed by atoms with E-state index >= 15 is 0 Å². The first-order valence-electron chi connectivity index (χ1n) is 11.6. The van der Waals surface area contributed by atoms with Crippen molar-refractivity contribution < 1.29 is 23.8 Å². The van der Waals surface area contributed by atoms with Crippen molar-refractivity contribution in [3.8, 4) is 11.5 Å². The normalized spacial score (nSPS) is 19.0. The summed E-state index contributed by atoms with van der Waals surface area (Å²) in [4.78, 5) is 26.4. The van der Waals surface area contributed by atoms with Crippen LogP contribution in [0, 0.1) is 5.41 Å². The number of benzene rings is 2. The molecular formula is C28H29BrClNO5. The molecular weight excluding hydrogens is 546 g/mol. The number of nitrogens with one attached hydrogen (secondary N) is 1. The summed E-state index contributed by atoms with van der Waals surface area (Å²) in [5.41, 5.74) is 3.98. The summed E-state index contributed by atoms with van der Waals surface area (Å²) < 4.78 is 17.6. The van der Waals surface area contributed by atoms with Crippen LogP contribution >= 0.6 is 27.5 Å². The van der Waals surface area contributed by atoms with E-state index < -0.39 is 11.9 Å². The van der Waals surface area contributed by atoms with Gasteiger partial charge in [-0.05, 0) is 54.7 Å². The summed E-state index contributed by atoms with van der Waals surface area (Å²) in [6.07, 6.45) is 1.12. The Kier molecular flexibility index (Phi) is 7.53. The van der Waals surface area contributed by atoms with E-state index in [1.165, 1.54) is 7.11 Å². The van der Waals surface area contributed by atoms with Crippen molar-refractivity contribution in [2.75, 3.05) is 14.2 Å². The van der Waals surface area contributed by atoms with Crippen LogP contribution in [-0.2, 0) is 20.9 Å². The molecule has 6 nitrogen and oxygen atoms in total. The number of halogens is 2. The molecule has 190 valence electrons. The minimum atomic E-state index is -0.557. The van der Waals surface area contributed by atoms with Crippen LogP contribution in [-0.4, -0.2) is 26.0 Å². The fourth-order valence-electron chi connectivity index (χ4n) is 4.99. The smallest absolute Gasteiger partial charge is 0.336 e. The molecule has 0 fully saturated rings. The van der Waals surface area contributed by atoms with Gasteiger partial charge in [-0.2, -0.15) is 0 Å². The van der Waals surface area contributed by atoms with Gasteiger partial charge in [0.25, 0.3) is 0 Å². The van der Waals surface area contributed by atoms with Gasteiger partial charge in [0.2, 0.25) is 0 Å². The highest BCUT2D eigenvalue weighted by Gasteiger charge is 2.43. The van der Waals surface area contributed by atoms with Crippen molar-refractivity contribution in [3.63, 3.8) is 0 Å². The van der Waals surface area contributed by atoms with Gasteiger partial charge >= 0.3 is 5.97 Å². The second kappa shape index (κ2) is 10.3. The van der Waals surface area contributed by atoms with Gasteiger partial charge in [-0.15, -0.1) is 0 Å². The van der Waals surface area contributed by atoms with E-state index in [9.17, 15) is 9.59 Å². The Hall–Kier alpha value is -2.77. The van der Waals surface area contributed by atoms with E-state index in [0.29, 0.717) is 46.2 Å². The molecule has 2 aromatic carbocycles. The number of esters is 1. The minimum Gasteiger partial charge on any atom is -0.496 e. The lowest BCUT2D eigenvalue weighted by Gasteiger charge is -2.39. The standard InChI is InChI=1S/C28H29BrClNO5/c1-15-24(27(33)35-5)25(26-20(31-15)12-28(2,3)13-21(26)32)16-6-8-22(34-4)17(10-16)14-36-23-9-7-18(29)11-19(23)30/h6-11,25,31H,12-14H2,1-5H3/t25-/m1/s1. The molecule has 0 spiro atoms. The number of Topliss-reactive ketones (excluding diaryl/α,β-unsaturated/α-hetero) is 1. The number of dihydropyridines is 1. The van der Waals surface area contributed by atoms with Crippen molar-refractivity contribution >= 4 is 39.3 Å². The first kappa shape index (κ1) is 26.3. The first-order chi connectivity index (χ1) is 17.0. The topological polar surface area (TPSA) is 73.9 Å². The highest BCUT2D eigenvalue weighted by atomic mass is 79.9. The van der Waals surface area contributed by atoms with Crippen molar-refractivity contribution in [1.29, 1.82) is 0 Å². The van der Waals surface area contributed by atoms with E-state index in [4.69, 9.17) is 25.8 Å². The van der Waals surface area contributed by atoms with Crippen molar-refractivity contribution in [2.45, 2.75) is 46.1 Å². The fraction of sp³-hybridized carbons (Fsp3) is 0.357. The molecule has 8 heteroatoms. The number of rotatable bonds is 6. The quantitative estimate of drug-likeness (QED) is 0.399. The van der Waals surface area contributed by atoms with Gasteiger partial charge in [0.05, 0.1) is 24.8 Å². The molecule has 1 N–H and O–H groups in total. The third kappa shape index (κ3) is 5.18. The minimum absolute atomic E-state index is 0.0305. The maximum absolute atomic E-state index is 13.4. The lowest BCUT2D eigenvalue weighted by Crippen LogP contribution is -2.38. The number of carbonyl (C=O) groups is 2. The summed E-state index contributed by atoms with van der Waals surface area (Å²) in [7, 11) is 2.94. The van der Waals surface area contributed by atoms with E-state index in [0.717, 1.165) is 21.3 Å². The van der Waals surface area contributed by atoms with Crippen molar-refractivity contribution in [3.05, 3.63) is 79.6 Å². The monoisotopic (exact) mass is 573 g/mol. The molecule has 0 saturated heterocycles. The molecule has 0 saturated carbocycles. The van der Waals surface area contributed by atoms with Gasteiger partial charge in [-0.3, -0.25) is 4.79 Å². The van der Waals surface area contributed by atoms with Gasteiger partial charge in [-0.25, -0.2) is 4.79 Å². The van der Waals surface area contributed by atoms with Crippen LogP contribution in [0.2, 0.25) is 5.02 Å². The molecule has 4 rings (SSSR count). The average molecular weight is 575 g/mol. The zero-order valence-corrected chi connectivity index (χ0v) is 23.3. The second-order valence-corrected chi connectivity index (χ2v) is 11.2. The molecule has 1 aliphatic carbocycles. The first-order valence-corrected chi connectivity index (χ1v) is 12.8. The highest BCUT2D eigenvalue weighted by Crippen LogP contribution is 2.47. The lowest BCUT2D eigenvalue weighted by molar-refractivity contribution is -0.136. The Bertz CT molecular complexity index is 1300. The van der Waals surface area contributed by atoms with Gasteiger partial charge in [0.15, 0.2) is 5.78 Å². The summed E-state index contributed by atoms with van der Waals surface area (Å²) in [5, 5.41) is 3.81. The second-order valence-electron chi connectivity index (χ2n) is 9.86. The van der Waals surface area contributed by atoms with Crippen LogP contribution in [0.25, 0.3) is 0 Å². The fourth-order valence-corrected chi connectivity index (χ4v) is 5.72. The van der Waals surface area contributed by atoms with Gasteiger partial charge in [0.1, 0.15) is 18.1 Å². The van der Waals surface area contributed by atoms with Crippen LogP contribution < -0.4 is 14.8 Å². The zero-order chi connectivity index (χ0) is 26.2. The Morgan fingerprint density at radius 1 is 1.14 bits per heavy atom.